The Morgan fingerprint density at radius 3 is 2.67 bits per heavy atom. The lowest BCUT2D eigenvalue weighted by atomic mass is 10.00. The maximum atomic E-state index is 9.27. The maximum absolute atomic E-state index is 9.27. The first kappa shape index (κ1) is 8.89. The molecule has 2 N–H and O–H groups in total. The first-order chi connectivity index (χ1) is 7.27. The van der Waals surface area contributed by atoms with Gasteiger partial charge in [-0.25, -0.2) is 0 Å². The fraction of sp³-hybridized carbons (Fsp3) is 0.231. The fourth-order valence-corrected chi connectivity index (χ4v) is 2.53. The van der Waals surface area contributed by atoms with Crippen LogP contribution in [-0.2, 0) is 12.8 Å². The number of rotatable bonds is 1. The topological polar surface area (TPSA) is 40.5 Å². The average Bonchev–Trinajstić information content (AvgIpc) is 2.65. The van der Waals surface area contributed by atoms with Crippen molar-refractivity contribution in [1.29, 1.82) is 0 Å². The zero-order valence-electron chi connectivity index (χ0n) is 8.27. The molecule has 2 heteroatoms. The van der Waals surface area contributed by atoms with Crippen molar-refractivity contribution in [3.8, 4) is 0 Å². The molecule has 3 rings (SSSR count). The fourth-order valence-electron chi connectivity index (χ4n) is 2.53. The van der Waals surface area contributed by atoms with Gasteiger partial charge in [-0.15, -0.1) is 0 Å². The minimum atomic E-state index is -1.35. The molecule has 2 nitrogen and oxygen atoms in total. The van der Waals surface area contributed by atoms with Gasteiger partial charge in [0.2, 0.25) is 0 Å². The molecular weight excluding hydrogens is 188 g/mol. The third-order valence-electron chi connectivity index (χ3n) is 3.20. The zero-order valence-corrected chi connectivity index (χ0v) is 8.27. The van der Waals surface area contributed by atoms with E-state index < -0.39 is 6.29 Å². The minimum Gasteiger partial charge on any atom is -0.364 e. The van der Waals surface area contributed by atoms with Gasteiger partial charge in [-0.05, 0) is 34.7 Å². The Kier molecular flexibility index (Phi) is 1.81. The highest BCUT2D eigenvalue weighted by atomic mass is 16.5. The highest BCUT2D eigenvalue weighted by Crippen LogP contribution is 2.34. The molecule has 0 aromatic heterocycles. The van der Waals surface area contributed by atoms with Crippen LogP contribution in [0, 0.1) is 0 Å². The summed E-state index contributed by atoms with van der Waals surface area (Å²) in [5, 5.41) is 21.0. The molecular formula is C13H12O2. The predicted molar refractivity (Wildman–Crippen MR) is 58.5 cm³/mol. The van der Waals surface area contributed by atoms with Gasteiger partial charge in [0.1, 0.15) is 0 Å². The van der Waals surface area contributed by atoms with Gasteiger partial charge in [-0.2, -0.15) is 0 Å². The summed E-state index contributed by atoms with van der Waals surface area (Å²) in [5.41, 5.74) is 3.09. The minimum absolute atomic E-state index is 0.660. The number of aliphatic hydroxyl groups is 2. The summed E-state index contributed by atoms with van der Waals surface area (Å²) in [6, 6.07) is 10.0. The monoisotopic (exact) mass is 200 g/mol. The molecule has 2 aromatic rings. The standard InChI is InChI=1S/C13H12O2/c14-13(15)11-7-5-9-3-1-2-8-4-6-10(11)12(8)9/h1-3,5,7,13-15H,4,6H2. The van der Waals surface area contributed by atoms with Crippen molar-refractivity contribution in [2.45, 2.75) is 19.1 Å². The van der Waals surface area contributed by atoms with Crippen molar-refractivity contribution in [3.63, 3.8) is 0 Å². The van der Waals surface area contributed by atoms with Crippen molar-refractivity contribution >= 4 is 10.8 Å². The van der Waals surface area contributed by atoms with E-state index in [1.165, 1.54) is 16.3 Å². The van der Waals surface area contributed by atoms with Crippen molar-refractivity contribution < 1.29 is 10.2 Å². The van der Waals surface area contributed by atoms with Gasteiger partial charge in [0.15, 0.2) is 6.29 Å². The number of aryl methyl sites for hydroxylation is 2. The van der Waals surface area contributed by atoms with Gasteiger partial charge >= 0.3 is 0 Å². The van der Waals surface area contributed by atoms with E-state index in [0.29, 0.717) is 5.56 Å². The molecule has 0 bridgehead atoms. The van der Waals surface area contributed by atoms with E-state index in [0.717, 1.165) is 18.4 Å². The van der Waals surface area contributed by atoms with Crippen molar-refractivity contribution in [2.75, 3.05) is 0 Å². The van der Waals surface area contributed by atoms with Gasteiger partial charge in [-0.3, -0.25) is 0 Å². The third kappa shape index (κ3) is 1.19. The smallest absolute Gasteiger partial charge is 0.178 e. The number of hydrogen-bond acceptors (Lipinski definition) is 2. The van der Waals surface area contributed by atoms with Crippen LogP contribution in [0.5, 0.6) is 0 Å². The SMILES string of the molecule is OC(O)c1ccc2cccc3c2c1CC3. The molecule has 0 amide bonds. The Morgan fingerprint density at radius 2 is 1.87 bits per heavy atom. The van der Waals surface area contributed by atoms with Gasteiger partial charge in [0.25, 0.3) is 0 Å². The van der Waals surface area contributed by atoms with E-state index in [-0.39, 0.29) is 0 Å². The summed E-state index contributed by atoms with van der Waals surface area (Å²) in [4.78, 5) is 0. The second-order valence-electron chi connectivity index (χ2n) is 4.02. The lowest BCUT2D eigenvalue weighted by Crippen LogP contribution is -1.99. The normalized spacial score (nSPS) is 14.1. The van der Waals surface area contributed by atoms with Crippen LogP contribution in [0.15, 0.2) is 30.3 Å². The van der Waals surface area contributed by atoms with Crippen molar-refractivity contribution in [2.24, 2.45) is 0 Å². The Bertz CT molecular complexity index is 529. The van der Waals surface area contributed by atoms with E-state index in [2.05, 4.69) is 18.2 Å². The lowest BCUT2D eigenvalue weighted by molar-refractivity contribution is -0.0429. The van der Waals surface area contributed by atoms with E-state index >= 15 is 0 Å². The summed E-state index contributed by atoms with van der Waals surface area (Å²) in [6.07, 6.45) is 0.579. The van der Waals surface area contributed by atoms with Crippen LogP contribution in [0.3, 0.4) is 0 Å². The molecule has 0 atom stereocenters. The van der Waals surface area contributed by atoms with Gasteiger partial charge in [0, 0.05) is 5.56 Å². The second-order valence-corrected chi connectivity index (χ2v) is 4.02. The molecule has 0 saturated heterocycles. The van der Waals surface area contributed by atoms with Gasteiger partial charge < -0.3 is 10.2 Å². The van der Waals surface area contributed by atoms with Crippen LogP contribution in [-0.4, -0.2) is 10.2 Å². The maximum Gasteiger partial charge on any atom is 0.178 e. The average molecular weight is 200 g/mol. The van der Waals surface area contributed by atoms with Crippen molar-refractivity contribution in [1.82, 2.24) is 0 Å². The Hall–Kier alpha value is -1.38. The summed E-state index contributed by atoms with van der Waals surface area (Å²) >= 11 is 0. The predicted octanol–water partition coefficient (Wildman–Crippen LogP) is 1.92. The van der Waals surface area contributed by atoms with Crippen LogP contribution < -0.4 is 0 Å². The number of aliphatic hydroxyl groups excluding tert-OH is 1. The summed E-state index contributed by atoms with van der Waals surface area (Å²) in [6.45, 7) is 0. The summed E-state index contributed by atoms with van der Waals surface area (Å²) in [5.74, 6) is 0. The second kappa shape index (κ2) is 3.05. The molecule has 0 aliphatic heterocycles. The van der Waals surface area contributed by atoms with Crippen LogP contribution in [0.4, 0.5) is 0 Å². The largest absolute Gasteiger partial charge is 0.364 e. The zero-order chi connectivity index (χ0) is 10.4. The summed E-state index contributed by atoms with van der Waals surface area (Å²) in [7, 11) is 0. The van der Waals surface area contributed by atoms with Crippen LogP contribution >= 0.6 is 0 Å². The number of benzene rings is 2. The molecule has 0 saturated carbocycles. The molecule has 76 valence electrons. The lowest BCUT2D eigenvalue weighted by Gasteiger charge is -2.10. The Morgan fingerprint density at radius 1 is 1.00 bits per heavy atom. The van der Waals surface area contributed by atoms with Gasteiger partial charge in [0.05, 0.1) is 0 Å². The molecule has 0 radical (unpaired) electrons. The molecule has 0 fully saturated rings. The summed E-state index contributed by atoms with van der Waals surface area (Å²) < 4.78 is 0. The Labute approximate surface area is 87.8 Å². The van der Waals surface area contributed by atoms with Crippen LogP contribution in [0.25, 0.3) is 10.8 Å². The molecule has 0 spiro atoms. The van der Waals surface area contributed by atoms with E-state index in [4.69, 9.17) is 0 Å². The van der Waals surface area contributed by atoms with Gasteiger partial charge in [-0.1, -0.05) is 30.3 Å². The van der Waals surface area contributed by atoms with E-state index in [9.17, 15) is 10.2 Å². The molecule has 15 heavy (non-hydrogen) atoms. The first-order valence-electron chi connectivity index (χ1n) is 5.17. The van der Waals surface area contributed by atoms with E-state index in [1.54, 1.807) is 0 Å². The quantitative estimate of drug-likeness (QED) is 0.690. The molecule has 0 heterocycles. The highest BCUT2D eigenvalue weighted by molar-refractivity contribution is 5.91. The first-order valence-corrected chi connectivity index (χ1v) is 5.17. The third-order valence-corrected chi connectivity index (χ3v) is 3.20. The number of hydrogen-bond donors (Lipinski definition) is 2. The van der Waals surface area contributed by atoms with Crippen LogP contribution in [0.1, 0.15) is 23.0 Å². The van der Waals surface area contributed by atoms with E-state index in [1.807, 2.05) is 12.1 Å². The molecule has 1 aliphatic rings. The molecule has 1 aliphatic carbocycles. The highest BCUT2D eigenvalue weighted by Gasteiger charge is 2.19. The molecule has 0 unspecified atom stereocenters. The van der Waals surface area contributed by atoms with Crippen LogP contribution in [0.2, 0.25) is 0 Å². The van der Waals surface area contributed by atoms with Crippen molar-refractivity contribution in [3.05, 3.63) is 47.0 Å². The Balaban J connectivity index is 2.40. The molecule has 2 aromatic carbocycles.